The Kier molecular flexibility index (Phi) is 6.78. The van der Waals surface area contributed by atoms with Crippen molar-refractivity contribution < 1.29 is 4.79 Å². The highest BCUT2D eigenvalue weighted by atomic mass is 35.5. The minimum absolute atomic E-state index is 0. The topological polar surface area (TPSA) is 56.1 Å². The minimum Gasteiger partial charge on any atom is -0.322 e. The maximum absolute atomic E-state index is 12.8. The second-order valence-electron chi connectivity index (χ2n) is 8.57. The minimum atomic E-state index is -0.187. The Bertz CT molecular complexity index is 973. The molecule has 0 unspecified atom stereocenters. The van der Waals surface area contributed by atoms with Crippen LogP contribution < -0.4 is 5.32 Å². The lowest BCUT2D eigenvalue weighted by molar-refractivity contribution is 0.102. The number of nitrogens with zero attached hydrogens (tertiary/aromatic N) is 2. The second kappa shape index (κ2) is 8.57. The predicted molar refractivity (Wildman–Crippen MR) is 121 cm³/mol. The molecule has 0 radical (unpaired) electrons. The van der Waals surface area contributed by atoms with E-state index in [1.165, 1.54) is 16.7 Å². The normalized spacial score (nSPS) is 15.2. The van der Waals surface area contributed by atoms with Gasteiger partial charge in [-0.2, -0.15) is 5.26 Å². The summed E-state index contributed by atoms with van der Waals surface area (Å²) < 4.78 is 0. The summed E-state index contributed by atoms with van der Waals surface area (Å²) in [6.07, 6.45) is 1.03. The Balaban J connectivity index is 0.00000300. The van der Waals surface area contributed by atoms with Gasteiger partial charge in [0.2, 0.25) is 0 Å². The first-order chi connectivity index (χ1) is 13.1. The molecule has 0 aromatic heterocycles. The molecular formula is C24H30ClN3O. The molecule has 0 spiro atoms. The Morgan fingerprint density at radius 2 is 1.93 bits per heavy atom. The molecule has 5 heteroatoms. The van der Waals surface area contributed by atoms with Crippen molar-refractivity contribution in [3.63, 3.8) is 0 Å². The molecule has 4 nitrogen and oxygen atoms in total. The third kappa shape index (κ3) is 4.32. The van der Waals surface area contributed by atoms with E-state index in [2.05, 4.69) is 50.2 Å². The van der Waals surface area contributed by atoms with E-state index in [1.54, 1.807) is 12.1 Å². The molecule has 1 N–H and O–H groups in total. The Morgan fingerprint density at radius 1 is 1.24 bits per heavy atom. The number of aryl methyl sites for hydroxylation is 1. The van der Waals surface area contributed by atoms with Gasteiger partial charge in [0.05, 0.1) is 11.6 Å². The zero-order chi connectivity index (χ0) is 20.6. The lowest BCUT2D eigenvalue weighted by Gasteiger charge is -2.42. The summed E-state index contributed by atoms with van der Waals surface area (Å²) in [7, 11) is 2.14. The van der Waals surface area contributed by atoms with Crippen LogP contribution in [0.4, 0.5) is 5.69 Å². The van der Waals surface area contributed by atoms with Crippen molar-refractivity contribution >= 4 is 24.0 Å². The summed E-state index contributed by atoms with van der Waals surface area (Å²) in [5, 5.41) is 12.5. The highest BCUT2D eigenvalue weighted by Crippen LogP contribution is 2.37. The molecule has 154 valence electrons. The predicted octanol–water partition coefficient (Wildman–Crippen LogP) is 5.39. The number of hydrogen-bond donors (Lipinski definition) is 1. The molecule has 0 fully saturated rings. The van der Waals surface area contributed by atoms with Crippen molar-refractivity contribution in [2.75, 3.05) is 18.9 Å². The standard InChI is InChI=1S/C24H29N3O.ClH/c1-15(2)20-8-7-17(12-18(20)14-25)23(28)26-19-11-16(3)21-9-10-27(6)24(4,5)22(21)13-19;/h7-8,11-13,15H,9-10H2,1-6H3,(H,26,28);1H. The Hall–Kier alpha value is -2.35. The average Bonchev–Trinajstić information content (AvgIpc) is 2.64. The van der Waals surface area contributed by atoms with Gasteiger partial charge in [0.15, 0.2) is 0 Å². The van der Waals surface area contributed by atoms with Crippen LogP contribution in [0, 0.1) is 18.3 Å². The van der Waals surface area contributed by atoms with Crippen LogP contribution in [0.15, 0.2) is 30.3 Å². The number of rotatable bonds is 3. The zero-order valence-corrected chi connectivity index (χ0v) is 18.9. The molecule has 1 aliphatic heterocycles. The molecule has 0 bridgehead atoms. The van der Waals surface area contributed by atoms with Gasteiger partial charge in [-0.3, -0.25) is 9.69 Å². The lowest BCUT2D eigenvalue weighted by atomic mass is 9.81. The Labute approximate surface area is 180 Å². The van der Waals surface area contributed by atoms with Crippen molar-refractivity contribution in [1.29, 1.82) is 5.26 Å². The molecule has 0 aliphatic carbocycles. The number of benzene rings is 2. The number of carbonyl (C=O) groups excluding carboxylic acids is 1. The van der Waals surface area contributed by atoms with Gasteiger partial charge >= 0.3 is 0 Å². The number of halogens is 1. The van der Waals surface area contributed by atoms with E-state index in [-0.39, 0.29) is 29.8 Å². The first-order valence-electron chi connectivity index (χ1n) is 9.85. The molecule has 0 saturated carbocycles. The third-order valence-corrected chi connectivity index (χ3v) is 6.10. The summed E-state index contributed by atoms with van der Waals surface area (Å²) in [6.45, 7) is 11.7. The van der Waals surface area contributed by atoms with Crippen LogP contribution in [0.1, 0.15) is 71.8 Å². The van der Waals surface area contributed by atoms with E-state index in [1.807, 2.05) is 26.0 Å². The third-order valence-electron chi connectivity index (χ3n) is 6.10. The fourth-order valence-corrected chi connectivity index (χ4v) is 4.03. The van der Waals surface area contributed by atoms with Crippen molar-refractivity contribution in [2.45, 2.75) is 52.5 Å². The average molecular weight is 412 g/mol. The van der Waals surface area contributed by atoms with Crippen LogP contribution >= 0.6 is 12.4 Å². The van der Waals surface area contributed by atoms with E-state index < -0.39 is 0 Å². The van der Waals surface area contributed by atoms with E-state index in [9.17, 15) is 10.1 Å². The molecule has 1 heterocycles. The molecular weight excluding hydrogens is 382 g/mol. The van der Waals surface area contributed by atoms with Crippen molar-refractivity contribution in [2.24, 2.45) is 0 Å². The zero-order valence-electron chi connectivity index (χ0n) is 18.1. The number of likely N-dealkylation sites (N-methyl/N-ethyl adjacent to an activating group) is 1. The van der Waals surface area contributed by atoms with Gasteiger partial charge < -0.3 is 5.32 Å². The molecule has 0 atom stereocenters. The summed E-state index contributed by atoms with van der Waals surface area (Å²) in [4.78, 5) is 15.2. The Morgan fingerprint density at radius 3 is 2.55 bits per heavy atom. The monoisotopic (exact) mass is 411 g/mol. The second-order valence-corrected chi connectivity index (χ2v) is 8.57. The quantitative estimate of drug-likeness (QED) is 0.736. The number of nitriles is 1. The van der Waals surface area contributed by atoms with Gasteiger partial charge in [0.1, 0.15) is 0 Å². The summed E-state index contributed by atoms with van der Waals surface area (Å²) in [6, 6.07) is 11.7. The van der Waals surface area contributed by atoms with E-state index in [0.717, 1.165) is 24.2 Å². The van der Waals surface area contributed by atoms with Crippen molar-refractivity contribution in [3.05, 3.63) is 63.7 Å². The molecule has 1 aliphatic rings. The fraction of sp³-hybridized carbons (Fsp3) is 0.417. The maximum atomic E-state index is 12.8. The van der Waals surface area contributed by atoms with Crippen molar-refractivity contribution in [1.82, 2.24) is 4.90 Å². The number of hydrogen-bond acceptors (Lipinski definition) is 3. The van der Waals surface area contributed by atoms with Crippen LogP contribution in [0.2, 0.25) is 0 Å². The van der Waals surface area contributed by atoms with Gasteiger partial charge in [-0.05, 0) is 86.7 Å². The van der Waals surface area contributed by atoms with Gasteiger partial charge in [0.25, 0.3) is 5.91 Å². The van der Waals surface area contributed by atoms with Gasteiger partial charge in [-0.25, -0.2) is 0 Å². The van der Waals surface area contributed by atoms with E-state index in [4.69, 9.17) is 0 Å². The molecule has 2 aromatic rings. The molecule has 29 heavy (non-hydrogen) atoms. The number of carbonyl (C=O) groups is 1. The SMILES string of the molecule is Cc1cc(NC(=O)c2ccc(C(C)C)c(C#N)c2)cc2c1CCN(C)C2(C)C.Cl. The highest BCUT2D eigenvalue weighted by molar-refractivity contribution is 6.04. The highest BCUT2D eigenvalue weighted by Gasteiger charge is 2.33. The first-order valence-corrected chi connectivity index (χ1v) is 9.85. The van der Waals surface area contributed by atoms with Crippen LogP contribution in [-0.2, 0) is 12.0 Å². The summed E-state index contributed by atoms with van der Waals surface area (Å²) in [5.41, 5.74) is 6.62. The smallest absolute Gasteiger partial charge is 0.255 e. The number of amides is 1. The first kappa shape index (κ1) is 22.9. The van der Waals surface area contributed by atoms with E-state index >= 15 is 0 Å². The number of fused-ring (bicyclic) bond motifs is 1. The van der Waals surface area contributed by atoms with Crippen LogP contribution in [0.5, 0.6) is 0 Å². The lowest BCUT2D eigenvalue weighted by Crippen LogP contribution is -2.44. The summed E-state index contributed by atoms with van der Waals surface area (Å²) >= 11 is 0. The van der Waals surface area contributed by atoms with Gasteiger partial charge in [0, 0.05) is 23.3 Å². The van der Waals surface area contributed by atoms with Crippen LogP contribution in [-0.4, -0.2) is 24.4 Å². The van der Waals surface area contributed by atoms with Crippen molar-refractivity contribution in [3.8, 4) is 6.07 Å². The van der Waals surface area contributed by atoms with Crippen LogP contribution in [0.25, 0.3) is 0 Å². The molecule has 0 saturated heterocycles. The van der Waals surface area contributed by atoms with Gasteiger partial charge in [-0.1, -0.05) is 19.9 Å². The molecule has 3 rings (SSSR count). The number of nitrogens with one attached hydrogen (secondary N) is 1. The summed E-state index contributed by atoms with van der Waals surface area (Å²) in [5.74, 6) is 0.0578. The fourth-order valence-electron chi connectivity index (χ4n) is 4.03. The molecule has 1 amide bonds. The molecule has 2 aromatic carbocycles. The maximum Gasteiger partial charge on any atom is 0.255 e. The largest absolute Gasteiger partial charge is 0.322 e. The van der Waals surface area contributed by atoms with Gasteiger partial charge in [-0.15, -0.1) is 12.4 Å². The van der Waals surface area contributed by atoms with Crippen LogP contribution in [0.3, 0.4) is 0 Å². The van der Waals surface area contributed by atoms with E-state index in [0.29, 0.717) is 11.1 Å². The number of anilines is 1.